The van der Waals surface area contributed by atoms with Gasteiger partial charge >= 0.3 is 0 Å². The molecule has 1 heterocycles. The first kappa shape index (κ1) is 16.8. The van der Waals surface area contributed by atoms with E-state index >= 15 is 0 Å². The van der Waals surface area contributed by atoms with Gasteiger partial charge in [0.1, 0.15) is 4.21 Å². The molecule has 110 valence electrons. The molecule has 0 fully saturated rings. The maximum absolute atomic E-state index is 11.3. The van der Waals surface area contributed by atoms with E-state index in [1.165, 1.54) is 0 Å². The first-order chi connectivity index (χ1) is 8.34. The minimum atomic E-state index is -3.61. The van der Waals surface area contributed by atoms with E-state index in [0.717, 1.165) is 16.9 Å². The summed E-state index contributed by atoms with van der Waals surface area (Å²) in [5.41, 5.74) is 0.874. The Bertz CT molecular complexity index is 544. The summed E-state index contributed by atoms with van der Waals surface area (Å²) in [5.74, 6) is 0. The van der Waals surface area contributed by atoms with Crippen molar-refractivity contribution in [3.05, 3.63) is 17.0 Å². The number of sulfonamides is 1. The Labute approximate surface area is 121 Å². The molecule has 0 radical (unpaired) electrons. The Morgan fingerprint density at radius 2 is 1.89 bits per heavy atom. The second-order valence-electron chi connectivity index (χ2n) is 6.26. The van der Waals surface area contributed by atoms with Crippen molar-refractivity contribution in [1.29, 1.82) is 0 Å². The van der Waals surface area contributed by atoms with Crippen molar-refractivity contribution < 1.29 is 12.8 Å². The number of thiophene rings is 1. The van der Waals surface area contributed by atoms with Crippen LogP contribution in [0.5, 0.6) is 0 Å². The highest BCUT2D eigenvalue weighted by Gasteiger charge is 2.38. The molecule has 2 N–H and O–H groups in total. The molecule has 0 aliphatic carbocycles. The molecule has 7 heteroatoms. The summed E-state index contributed by atoms with van der Waals surface area (Å²) in [4.78, 5) is 0. The Kier molecular flexibility index (Phi) is 4.69. The van der Waals surface area contributed by atoms with E-state index in [1.54, 1.807) is 11.4 Å². The summed E-state index contributed by atoms with van der Waals surface area (Å²) >= 11 is 1.14. The van der Waals surface area contributed by atoms with Gasteiger partial charge < -0.3 is 4.43 Å². The molecule has 0 bridgehead atoms. The number of nitrogens with two attached hydrogens (primary N) is 1. The van der Waals surface area contributed by atoms with Crippen LogP contribution in [-0.4, -0.2) is 16.7 Å². The van der Waals surface area contributed by atoms with Crippen molar-refractivity contribution in [1.82, 2.24) is 0 Å². The molecular formula is C12H23NO3S2Si. The van der Waals surface area contributed by atoms with Crippen LogP contribution in [0.25, 0.3) is 0 Å². The van der Waals surface area contributed by atoms with Gasteiger partial charge in [-0.1, -0.05) is 20.8 Å². The van der Waals surface area contributed by atoms with Gasteiger partial charge in [0, 0.05) is 0 Å². The quantitative estimate of drug-likeness (QED) is 0.863. The molecule has 0 aliphatic heterocycles. The second kappa shape index (κ2) is 5.29. The monoisotopic (exact) mass is 321 g/mol. The van der Waals surface area contributed by atoms with Crippen molar-refractivity contribution in [3.63, 3.8) is 0 Å². The normalized spacial score (nSPS) is 15.5. The molecule has 0 aromatic carbocycles. The molecule has 1 unspecified atom stereocenters. The molecule has 0 saturated heterocycles. The Balaban J connectivity index is 2.91. The molecule has 1 aromatic rings. The summed E-state index contributed by atoms with van der Waals surface area (Å²) in [5, 5.41) is 7.05. The van der Waals surface area contributed by atoms with Crippen LogP contribution < -0.4 is 5.14 Å². The van der Waals surface area contributed by atoms with Crippen LogP contribution in [0.1, 0.15) is 39.4 Å². The van der Waals surface area contributed by atoms with Gasteiger partial charge in [0.05, 0.1) is 6.10 Å². The van der Waals surface area contributed by atoms with Gasteiger partial charge in [0.25, 0.3) is 0 Å². The van der Waals surface area contributed by atoms with Crippen LogP contribution in [0.4, 0.5) is 0 Å². The second-order valence-corrected chi connectivity index (χ2v) is 13.7. The van der Waals surface area contributed by atoms with Crippen LogP contribution in [0.3, 0.4) is 0 Å². The van der Waals surface area contributed by atoms with Crippen LogP contribution in [-0.2, 0) is 14.4 Å². The lowest BCUT2D eigenvalue weighted by Gasteiger charge is -2.38. The van der Waals surface area contributed by atoms with Gasteiger partial charge in [-0.15, -0.1) is 11.3 Å². The lowest BCUT2D eigenvalue weighted by Crippen LogP contribution is -2.41. The van der Waals surface area contributed by atoms with Crippen LogP contribution >= 0.6 is 11.3 Å². The first-order valence-corrected chi connectivity index (χ1v) is 11.5. The van der Waals surface area contributed by atoms with Crippen molar-refractivity contribution in [2.24, 2.45) is 5.14 Å². The molecule has 0 amide bonds. The van der Waals surface area contributed by atoms with Crippen molar-refractivity contribution in [3.8, 4) is 0 Å². The number of hydrogen-bond donors (Lipinski definition) is 1. The lowest BCUT2D eigenvalue weighted by molar-refractivity contribution is 0.203. The molecule has 4 nitrogen and oxygen atoms in total. The molecule has 1 atom stereocenters. The summed E-state index contributed by atoms with van der Waals surface area (Å²) in [6.07, 6.45) is -0.118. The average molecular weight is 322 g/mol. The topological polar surface area (TPSA) is 69.4 Å². The van der Waals surface area contributed by atoms with E-state index in [1.807, 2.05) is 6.92 Å². The minimum absolute atomic E-state index is 0.118. The van der Waals surface area contributed by atoms with E-state index in [2.05, 4.69) is 33.9 Å². The number of primary sulfonamides is 1. The van der Waals surface area contributed by atoms with E-state index in [9.17, 15) is 8.42 Å². The highest BCUT2D eigenvalue weighted by molar-refractivity contribution is 7.91. The maximum Gasteiger partial charge on any atom is 0.247 e. The summed E-state index contributed by atoms with van der Waals surface area (Å²) in [6, 6.07) is 1.61. The van der Waals surface area contributed by atoms with E-state index < -0.39 is 18.3 Å². The van der Waals surface area contributed by atoms with Gasteiger partial charge in [-0.2, -0.15) is 0 Å². The van der Waals surface area contributed by atoms with E-state index in [-0.39, 0.29) is 15.4 Å². The van der Waals surface area contributed by atoms with Crippen molar-refractivity contribution in [2.75, 3.05) is 0 Å². The summed E-state index contributed by atoms with van der Waals surface area (Å²) < 4.78 is 29.0. The third kappa shape index (κ3) is 4.12. The highest BCUT2D eigenvalue weighted by Crippen LogP contribution is 2.40. The zero-order chi connectivity index (χ0) is 15.1. The minimum Gasteiger partial charge on any atom is -0.410 e. The fourth-order valence-corrected chi connectivity index (χ4v) is 4.45. The smallest absolute Gasteiger partial charge is 0.247 e. The average Bonchev–Trinajstić information content (AvgIpc) is 2.62. The Morgan fingerprint density at radius 1 is 1.37 bits per heavy atom. The molecule has 1 aromatic heterocycles. The molecule has 0 saturated carbocycles. The predicted octanol–water partition coefficient (Wildman–Crippen LogP) is 3.48. The first-order valence-electron chi connectivity index (χ1n) is 6.13. The molecule has 0 aliphatic rings. The van der Waals surface area contributed by atoms with Crippen LogP contribution in [0, 0.1) is 0 Å². The Morgan fingerprint density at radius 3 is 2.26 bits per heavy atom. The highest BCUT2D eigenvalue weighted by atomic mass is 32.2. The van der Waals surface area contributed by atoms with Crippen molar-refractivity contribution in [2.45, 2.75) is 56.1 Å². The van der Waals surface area contributed by atoms with Crippen LogP contribution in [0.2, 0.25) is 18.1 Å². The number of hydrogen-bond acceptors (Lipinski definition) is 4. The van der Waals surface area contributed by atoms with E-state index in [0.29, 0.717) is 0 Å². The fraction of sp³-hybridized carbons (Fsp3) is 0.667. The van der Waals surface area contributed by atoms with Gasteiger partial charge in [0.2, 0.25) is 10.0 Å². The third-order valence-corrected chi connectivity index (χ3v) is 10.6. The summed E-state index contributed by atoms with van der Waals surface area (Å²) in [6.45, 7) is 12.8. The van der Waals surface area contributed by atoms with Gasteiger partial charge in [-0.3, -0.25) is 0 Å². The maximum atomic E-state index is 11.3. The van der Waals surface area contributed by atoms with Crippen molar-refractivity contribution >= 4 is 29.7 Å². The zero-order valence-corrected chi connectivity index (χ0v) is 15.0. The predicted molar refractivity (Wildman–Crippen MR) is 82.4 cm³/mol. The molecular weight excluding hydrogens is 298 g/mol. The molecule has 19 heavy (non-hydrogen) atoms. The van der Waals surface area contributed by atoms with Gasteiger partial charge in [-0.05, 0) is 42.1 Å². The molecule has 1 rings (SSSR count). The lowest BCUT2D eigenvalue weighted by atomic mass is 10.2. The number of rotatable bonds is 4. The zero-order valence-electron chi connectivity index (χ0n) is 12.4. The third-order valence-electron chi connectivity index (χ3n) is 3.62. The largest absolute Gasteiger partial charge is 0.410 e. The fourth-order valence-electron chi connectivity index (χ4n) is 1.38. The van der Waals surface area contributed by atoms with Gasteiger partial charge in [0.15, 0.2) is 8.32 Å². The molecule has 0 spiro atoms. The van der Waals surface area contributed by atoms with Gasteiger partial charge in [-0.25, -0.2) is 13.6 Å². The summed E-state index contributed by atoms with van der Waals surface area (Å²) in [7, 11) is -5.48. The van der Waals surface area contributed by atoms with Crippen LogP contribution in [0.15, 0.2) is 15.7 Å². The SMILES string of the molecule is CC(O[Si](C)(C)C(C)(C)C)c1csc(S(N)(=O)=O)c1. The van der Waals surface area contributed by atoms with E-state index in [4.69, 9.17) is 9.56 Å². The standard InChI is InChI=1S/C12H23NO3S2Si/c1-9(16-19(5,6)12(2,3)4)10-7-11(17-8-10)18(13,14)15/h7-9H,1-6H3,(H2,13,14,15). The Hall–Kier alpha value is -0.213.